The maximum absolute atomic E-state index is 12.4. The molecule has 2 aromatic carbocycles. The van der Waals surface area contributed by atoms with Crippen LogP contribution in [-0.4, -0.2) is 54.7 Å². The number of rotatable bonds is 8. The van der Waals surface area contributed by atoms with Gasteiger partial charge in [0.25, 0.3) is 11.8 Å². The molecule has 0 bridgehead atoms. The van der Waals surface area contributed by atoms with E-state index in [1.807, 2.05) is 38.4 Å². The minimum atomic E-state index is -0.306. The predicted molar refractivity (Wildman–Crippen MR) is 116 cm³/mol. The van der Waals surface area contributed by atoms with Gasteiger partial charge in [0.1, 0.15) is 0 Å². The number of carbonyl (C=O) groups excluding carboxylic acids is 3. The standard InChI is InChI=1S/C22H24BrN3O3/c1-25(2)13-11-15-5-8-17(9-6-15)24-20(27)4-3-12-26-21(28)18-10-7-16(23)14-19(18)22(26)29/h5-10,14H,3-4,11-13H2,1-2H3,(H,24,27). The molecule has 1 aliphatic heterocycles. The van der Waals surface area contributed by atoms with Crippen molar-refractivity contribution in [1.82, 2.24) is 9.80 Å². The second kappa shape index (κ2) is 9.33. The third-order valence-electron chi connectivity index (χ3n) is 4.80. The number of halogens is 1. The number of amides is 3. The van der Waals surface area contributed by atoms with E-state index in [0.717, 1.165) is 23.1 Å². The lowest BCUT2D eigenvalue weighted by molar-refractivity contribution is -0.116. The highest BCUT2D eigenvalue weighted by Gasteiger charge is 2.35. The number of nitrogens with zero attached hydrogens (tertiary/aromatic N) is 2. The summed E-state index contributed by atoms with van der Waals surface area (Å²) in [6.45, 7) is 1.20. The van der Waals surface area contributed by atoms with Gasteiger partial charge >= 0.3 is 0 Å². The Morgan fingerprint density at radius 3 is 2.41 bits per heavy atom. The number of benzene rings is 2. The van der Waals surface area contributed by atoms with Gasteiger partial charge in [-0.3, -0.25) is 19.3 Å². The Kier molecular flexibility index (Phi) is 6.82. The van der Waals surface area contributed by atoms with Crippen molar-refractivity contribution in [3.63, 3.8) is 0 Å². The highest BCUT2D eigenvalue weighted by Crippen LogP contribution is 2.26. The van der Waals surface area contributed by atoms with Gasteiger partial charge in [-0.05, 0) is 62.8 Å². The van der Waals surface area contributed by atoms with Gasteiger partial charge in [-0.2, -0.15) is 0 Å². The Hall–Kier alpha value is -2.51. The van der Waals surface area contributed by atoms with E-state index in [4.69, 9.17) is 0 Å². The van der Waals surface area contributed by atoms with Crippen LogP contribution >= 0.6 is 15.9 Å². The highest BCUT2D eigenvalue weighted by molar-refractivity contribution is 9.10. The lowest BCUT2D eigenvalue weighted by atomic mass is 10.1. The Morgan fingerprint density at radius 1 is 1.03 bits per heavy atom. The summed E-state index contributed by atoms with van der Waals surface area (Å²) in [6.07, 6.45) is 1.61. The Bertz CT molecular complexity index is 925. The molecule has 3 amide bonds. The molecule has 1 heterocycles. The maximum Gasteiger partial charge on any atom is 0.261 e. The summed E-state index contributed by atoms with van der Waals surface area (Å²) in [7, 11) is 4.07. The van der Waals surface area contributed by atoms with E-state index in [0.29, 0.717) is 17.5 Å². The van der Waals surface area contributed by atoms with Crippen LogP contribution in [0.4, 0.5) is 5.69 Å². The van der Waals surface area contributed by atoms with Crippen LogP contribution in [0.15, 0.2) is 46.9 Å². The number of carbonyl (C=O) groups is 3. The van der Waals surface area contributed by atoms with E-state index >= 15 is 0 Å². The summed E-state index contributed by atoms with van der Waals surface area (Å²) >= 11 is 3.32. The summed E-state index contributed by atoms with van der Waals surface area (Å²) < 4.78 is 0.756. The van der Waals surface area contributed by atoms with E-state index < -0.39 is 0 Å². The molecule has 0 aromatic heterocycles. The van der Waals surface area contributed by atoms with Crippen molar-refractivity contribution in [3.8, 4) is 0 Å². The average Bonchev–Trinajstić information content (AvgIpc) is 2.91. The second-order valence-electron chi connectivity index (χ2n) is 7.35. The molecule has 0 radical (unpaired) electrons. The molecule has 0 saturated heterocycles. The van der Waals surface area contributed by atoms with Gasteiger partial charge in [0.05, 0.1) is 11.1 Å². The summed E-state index contributed by atoms with van der Waals surface area (Å²) in [5, 5.41) is 2.86. The van der Waals surface area contributed by atoms with Crippen LogP contribution in [0.2, 0.25) is 0 Å². The third-order valence-corrected chi connectivity index (χ3v) is 5.30. The predicted octanol–water partition coefficient (Wildman–Crippen LogP) is 3.57. The van der Waals surface area contributed by atoms with Crippen molar-refractivity contribution < 1.29 is 14.4 Å². The quantitative estimate of drug-likeness (QED) is 0.615. The summed E-state index contributed by atoms with van der Waals surface area (Å²) in [5.74, 6) is -0.739. The SMILES string of the molecule is CN(C)CCc1ccc(NC(=O)CCCN2C(=O)c3ccc(Br)cc3C2=O)cc1. The summed E-state index contributed by atoms with van der Waals surface area (Å²) in [4.78, 5) is 40.4. The van der Waals surface area contributed by atoms with Crippen LogP contribution in [0.1, 0.15) is 39.1 Å². The van der Waals surface area contributed by atoms with Gasteiger partial charge in [0.2, 0.25) is 5.91 Å². The Balaban J connectivity index is 1.47. The number of hydrogen-bond donors (Lipinski definition) is 1. The van der Waals surface area contributed by atoms with Gasteiger partial charge in [-0.15, -0.1) is 0 Å². The minimum Gasteiger partial charge on any atom is -0.326 e. The van der Waals surface area contributed by atoms with Crippen molar-refractivity contribution in [2.45, 2.75) is 19.3 Å². The lowest BCUT2D eigenvalue weighted by Crippen LogP contribution is -2.31. The molecule has 0 aliphatic carbocycles. The number of anilines is 1. The van der Waals surface area contributed by atoms with Gasteiger partial charge in [-0.25, -0.2) is 0 Å². The molecular formula is C22H24BrN3O3. The van der Waals surface area contributed by atoms with Crippen molar-refractivity contribution >= 4 is 39.3 Å². The fourth-order valence-electron chi connectivity index (χ4n) is 3.19. The number of nitrogens with one attached hydrogen (secondary N) is 1. The third kappa shape index (κ3) is 5.31. The normalized spacial score (nSPS) is 13.2. The van der Waals surface area contributed by atoms with Gasteiger partial charge in [-0.1, -0.05) is 28.1 Å². The topological polar surface area (TPSA) is 69.7 Å². The molecule has 0 atom stereocenters. The van der Waals surface area contributed by atoms with Crippen LogP contribution in [0.25, 0.3) is 0 Å². The summed E-state index contributed by atoms with van der Waals surface area (Å²) in [6, 6.07) is 12.9. The van der Waals surface area contributed by atoms with Crippen LogP contribution in [0.5, 0.6) is 0 Å². The highest BCUT2D eigenvalue weighted by atomic mass is 79.9. The monoisotopic (exact) mass is 457 g/mol. The van der Waals surface area contributed by atoms with Crippen molar-refractivity contribution in [2.24, 2.45) is 0 Å². The zero-order valence-electron chi connectivity index (χ0n) is 16.6. The number of hydrogen-bond acceptors (Lipinski definition) is 4. The van der Waals surface area contributed by atoms with E-state index in [2.05, 4.69) is 26.1 Å². The first-order valence-corrected chi connectivity index (χ1v) is 10.3. The zero-order chi connectivity index (χ0) is 21.0. The average molecular weight is 458 g/mol. The molecule has 3 rings (SSSR count). The molecule has 0 saturated carbocycles. The summed E-state index contributed by atoms with van der Waals surface area (Å²) in [5.41, 5.74) is 2.78. The molecular weight excluding hydrogens is 434 g/mol. The first-order chi connectivity index (χ1) is 13.8. The van der Waals surface area contributed by atoms with Gasteiger partial charge in [0, 0.05) is 29.7 Å². The Labute approximate surface area is 179 Å². The van der Waals surface area contributed by atoms with Crippen LogP contribution in [0.3, 0.4) is 0 Å². The lowest BCUT2D eigenvalue weighted by Gasteiger charge is -2.13. The van der Waals surface area contributed by atoms with Gasteiger partial charge < -0.3 is 10.2 Å². The van der Waals surface area contributed by atoms with E-state index in [-0.39, 0.29) is 30.7 Å². The molecule has 6 nitrogen and oxygen atoms in total. The van der Waals surface area contributed by atoms with Crippen LogP contribution in [0, 0.1) is 0 Å². The van der Waals surface area contributed by atoms with Crippen LogP contribution < -0.4 is 5.32 Å². The second-order valence-corrected chi connectivity index (χ2v) is 8.27. The minimum absolute atomic E-state index is 0.134. The van der Waals surface area contributed by atoms with Crippen molar-refractivity contribution in [2.75, 3.05) is 32.5 Å². The van der Waals surface area contributed by atoms with Crippen molar-refractivity contribution in [3.05, 3.63) is 63.6 Å². The van der Waals surface area contributed by atoms with Crippen molar-refractivity contribution in [1.29, 1.82) is 0 Å². The smallest absolute Gasteiger partial charge is 0.261 e. The molecule has 1 aliphatic rings. The molecule has 152 valence electrons. The number of likely N-dealkylation sites (N-methyl/N-ethyl adjacent to an activating group) is 1. The van der Waals surface area contributed by atoms with Gasteiger partial charge in [0.15, 0.2) is 0 Å². The fraction of sp³-hybridized carbons (Fsp3) is 0.318. The molecule has 0 fully saturated rings. The van der Waals surface area contributed by atoms with E-state index in [1.165, 1.54) is 10.5 Å². The Morgan fingerprint density at radius 2 is 1.72 bits per heavy atom. The molecule has 0 unspecified atom stereocenters. The van der Waals surface area contributed by atoms with E-state index in [9.17, 15) is 14.4 Å². The van der Waals surface area contributed by atoms with Crippen LogP contribution in [-0.2, 0) is 11.2 Å². The molecule has 7 heteroatoms. The largest absolute Gasteiger partial charge is 0.326 e. The first kappa shape index (κ1) is 21.2. The molecule has 0 spiro atoms. The number of fused-ring (bicyclic) bond motifs is 1. The fourth-order valence-corrected chi connectivity index (χ4v) is 3.56. The van der Waals surface area contributed by atoms with E-state index in [1.54, 1.807) is 18.2 Å². The maximum atomic E-state index is 12.4. The molecule has 1 N–H and O–H groups in total. The first-order valence-electron chi connectivity index (χ1n) is 9.54. The zero-order valence-corrected chi connectivity index (χ0v) is 18.2. The molecule has 29 heavy (non-hydrogen) atoms. The number of imide groups is 1. The molecule has 2 aromatic rings.